The largest absolute Gasteiger partial charge is 0.461 e. The fourth-order valence-electron chi connectivity index (χ4n) is 3.23. The number of rotatable bonds is 7. The maximum Gasteiger partial charge on any atom is 0.260 e. The Kier molecular flexibility index (Phi) is 5.34. The van der Waals surface area contributed by atoms with Gasteiger partial charge in [-0.25, -0.2) is 4.98 Å². The number of thioether (sulfide) groups is 1. The van der Waals surface area contributed by atoms with E-state index in [1.54, 1.807) is 23.7 Å². The van der Waals surface area contributed by atoms with Crippen LogP contribution in [0.15, 0.2) is 62.9 Å². The maximum absolute atomic E-state index is 12.8. The first-order chi connectivity index (χ1) is 15.1. The molecule has 0 aliphatic carbocycles. The van der Waals surface area contributed by atoms with E-state index in [0.717, 1.165) is 15.3 Å². The molecule has 0 fully saturated rings. The molecule has 0 atom stereocenters. The third-order valence-electron chi connectivity index (χ3n) is 4.61. The summed E-state index contributed by atoms with van der Waals surface area (Å²) in [6, 6.07) is 7.76. The van der Waals surface area contributed by atoms with Crippen LogP contribution in [0.25, 0.3) is 32.2 Å². The quantitative estimate of drug-likeness (QED) is 0.256. The highest BCUT2D eigenvalue weighted by molar-refractivity contribution is 7.98. The molecule has 5 heterocycles. The average molecular weight is 468 g/mol. The summed E-state index contributed by atoms with van der Waals surface area (Å²) >= 11 is 4.62. The summed E-state index contributed by atoms with van der Waals surface area (Å²) in [6.07, 6.45) is 3.39. The van der Waals surface area contributed by atoms with E-state index in [2.05, 4.69) is 39.7 Å². The topological polar surface area (TPSA) is 89.6 Å². The van der Waals surface area contributed by atoms with Crippen LogP contribution in [0.5, 0.6) is 0 Å². The Labute approximate surface area is 189 Å². The lowest BCUT2D eigenvalue weighted by Crippen LogP contribution is -2.11. The molecule has 1 N–H and O–H groups in total. The van der Waals surface area contributed by atoms with Crippen molar-refractivity contribution in [3.63, 3.8) is 0 Å². The van der Waals surface area contributed by atoms with E-state index >= 15 is 0 Å². The molecule has 0 amide bonds. The number of fused-ring (bicyclic) bond motifs is 1. The Bertz CT molecular complexity index is 1430. The predicted octanol–water partition coefficient (Wildman–Crippen LogP) is 5.35. The molecular weight excluding hydrogens is 450 g/mol. The number of aromatic nitrogens is 5. The van der Waals surface area contributed by atoms with Gasteiger partial charge < -0.3 is 9.40 Å². The Morgan fingerprint density at radius 3 is 2.97 bits per heavy atom. The van der Waals surface area contributed by atoms with Gasteiger partial charge in [0.15, 0.2) is 10.9 Å². The predicted molar refractivity (Wildman–Crippen MR) is 126 cm³/mol. The second-order valence-electron chi connectivity index (χ2n) is 6.72. The molecule has 10 heteroatoms. The molecule has 0 aliphatic heterocycles. The number of furan rings is 1. The standard InChI is InChI=1S/C21H17N5O2S3/c1-3-8-26-18(14-5-4-9-28-14)24-25-21(26)30-11-16-22-19(27)17-13(10-29-20(17)23-16)15-7-6-12(2)31-15/h3-7,9-10H,1,8,11H2,2H3,(H,22,23,27). The first-order valence-corrected chi connectivity index (χ1v) is 12.1. The summed E-state index contributed by atoms with van der Waals surface area (Å²) in [7, 11) is 0. The molecule has 0 saturated carbocycles. The number of thiophene rings is 2. The smallest absolute Gasteiger partial charge is 0.260 e. The van der Waals surface area contributed by atoms with Crippen molar-refractivity contribution in [1.82, 2.24) is 24.7 Å². The van der Waals surface area contributed by atoms with E-state index in [-0.39, 0.29) is 5.56 Å². The molecule has 0 saturated heterocycles. The minimum Gasteiger partial charge on any atom is -0.461 e. The highest BCUT2D eigenvalue weighted by Gasteiger charge is 2.17. The van der Waals surface area contributed by atoms with Gasteiger partial charge in [-0.15, -0.1) is 39.4 Å². The molecule has 0 spiro atoms. The van der Waals surface area contributed by atoms with Gasteiger partial charge >= 0.3 is 0 Å². The maximum atomic E-state index is 12.8. The van der Waals surface area contributed by atoms with Crippen molar-refractivity contribution < 1.29 is 4.42 Å². The van der Waals surface area contributed by atoms with Gasteiger partial charge in [-0.05, 0) is 31.2 Å². The van der Waals surface area contributed by atoms with E-state index in [0.29, 0.717) is 40.2 Å². The summed E-state index contributed by atoms with van der Waals surface area (Å²) in [4.78, 5) is 23.5. The molecule has 0 unspecified atom stereocenters. The Morgan fingerprint density at radius 1 is 1.32 bits per heavy atom. The summed E-state index contributed by atoms with van der Waals surface area (Å²) < 4.78 is 7.39. The van der Waals surface area contributed by atoms with Gasteiger partial charge in [-0.2, -0.15) is 0 Å². The van der Waals surface area contributed by atoms with Crippen molar-refractivity contribution in [3.05, 3.63) is 69.6 Å². The van der Waals surface area contributed by atoms with Crippen molar-refractivity contribution in [2.24, 2.45) is 0 Å². The van der Waals surface area contributed by atoms with E-state index in [9.17, 15) is 4.79 Å². The van der Waals surface area contributed by atoms with Crippen LogP contribution in [0.1, 0.15) is 10.7 Å². The molecule has 5 aromatic rings. The third kappa shape index (κ3) is 3.78. The fraction of sp³-hybridized carbons (Fsp3) is 0.143. The van der Waals surface area contributed by atoms with Crippen molar-refractivity contribution in [2.75, 3.05) is 0 Å². The minimum atomic E-state index is -0.119. The van der Waals surface area contributed by atoms with Crippen LogP contribution in [0.3, 0.4) is 0 Å². The summed E-state index contributed by atoms with van der Waals surface area (Å²) in [5.41, 5.74) is 0.826. The van der Waals surface area contributed by atoms with Gasteiger partial charge in [-0.3, -0.25) is 9.36 Å². The molecule has 5 aromatic heterocycles. The van der Waals surface area contributed by atoms with Gasteiger partial charge in [0, 0.05) is 27.2 Å². The molecular formula is C21H17N5O2S3. The van der Waals surface area contributed by atoms with Crippen molar-refractivity contribution in [2.45, 2.75) is 24.4 Å². The lowest BCUT2D eigenvalue weighted by molar-refractivity contribution is 0.569. The summed E-state index contributed by atoms with van der Waals surface area (Å²) in [6.45, 7) is 6.42. The highest BCUT2D eigenvalue weighted by Crippen LogP contribution is 2.35. The number of hydrogen-bond acceptors (Lipinski definition) is 8. The number of nitrogens with zero attached hydrogens (tertiary/aromatic N) is 4. The molecule has 7 nitrogen and oxygen atoms in total. The monoisotopic (exact) mass is 467 g/mol. The van der Waals surface area contributed by atoms with Crippen molar-refractivity contribution in [1.29, 1.82) is 0 Å². The Morgan fingerprint density at radius 2 is 2.23 bits per heavy atom. The van der Waals surface area contributed by atoms with Crippen LogP contribution in [0, 0.1) is 6.92 Å². The van der Waals surface area contributed by atoms with E-state index < -0.39 is 0 Å². The number of aryl methyl sites for hydroxylation is 1. The first-order valence-electron chi connectivity index (χ1n) is 9.42. The van der Waals surface area contributed by atoms with Crippen LogP contribution in [-0.2, 0) is 12.3 Å². The zero-order valence-corrected chi connectivity index (χ0v) is 18.9. The van der Waals surface area contributed by atoms with E-state index in [4.69, 9.17) is 4.42 Å². The molecule has 0 radical (unpaired) electrons. The van der Waals surface area contributed by atoms with E-state index in [1.165, 1.54) is 28.0 Å². The molecule has 31 heavy (non-hydrogen) atoms. The lowest BCUT2D eigenvalue weighted by atomic mass is 10.2. The number of aromatic amines is 1. The van der Waals surface area contributed by atoms with Gasteiger partial charge in [0.05, 0.1) is 17.4 Å². The molecule has 0 bridgehead atoms. The second kappa shape index (κ2) is 8.29. The number of allylic oxidation sites excluding steroid dienone is 1. The third-order valence-corrected chi connectivity index (χ3v) is 7.49. The van der Waals surface area contributed by atoms with Gasteiger partial charge in [0.1, 0.15) is 10.7 Å². The Balaban J connectivity index is 1.43. The highest BCUT2D eigenvalue weighted by atomic mass is 32.2. The Hall–Kier alpha value is -2.95. The SMILES string of the molecule is C=CCn1c(SCc2nc3scc(-c4ccc(C)s4)c3c(=O)[nH]2)nnc1-c1ccco1. The second-order valence-corrected chi connectivity index (χ2v) is 9.81. The molecule has 0 aliphatic rings. The van der Waals surface area contributed by atoms with Crippen LogP contribution >= 0.6 is 34.4 Å². The number of H-pyrrole nitrogens is 1. The molecule has 156 valence electrons. The van der Waals surface area contributed by atoms with Gasteiger partial charge in [0.25, 0.3) is 5.56 Å². The average Bonchev–Trinajstić information content (AvgIpc) is 3.53. The number of hydrogen-bond donors (Lipinski definition) is 1. The first kappa shape index (κ1) is 20.0. The summed E-state index contributed by atoms with van der Waals surface area (Å²) in [5.74, 6) is 2.35. The van der Waals surface area contributed by atoms with Crippen molar-refractivity contribution >= 4 is 44.7 Å². The van der Waals surface area contributed by atoms with Gasteiger partial charge in [-0.1, -0.05) is 17.8 Å². The normalized spacial score (nSPS) is 11.4. The van der Waals surface area contributed by atoms with E-state index in [1.807, 2.05) is 28.1 Å². The minimum absolute atomic E-state index is 0.119. The molecule has 0 aromatic carbocycles. The molecule has 5 rings (SSSR count). The fourth-order valence-corrected chi connectivity index (χ4v) is 5.97. The van der Waals surface area contributed by atoms with Crippen LogP contribution in [0.2, 0.25) is 0 Å². The lowest BCUT2D eigenvalue weighted by Gasteiger charge is -2.06. The van der Waals surface area contributed by atoms with Crippen molar-refractivity contribution in [3.8, 4) is 22.0 Å². The number of nitrogens with one attached hydrogen (secondary N) is 1. The van der Waals surface area contributed by atoms with Crippen LogP contribution < -0.4 is 5.56 Å². The van der Waals surface area contributed by atoms with Crippen LogP contribution in [0.4, 0.5) is 0 Å². The van der Waals surface area contributed by atoms with Gasteiger partial charge in [0.2, 0.25) is 5.82 Å². The zero-order valence-electron chi connectivity index (χ0n) is 16.5. The van der Waals surface area contributed by atoms with Crippen LogP contribution in [-0.4, -0.2) is 24.7 Å². The summed E-state index contributed by atoms with van der Waals surface area (Å²) in [5, 5.41) is 11.9. The zero-order chi connectivity index (χ0) is 21.4.